The second-order valence-corrected chi connectivity index (χ2v) is 8.93. The molecule has 3 atom stereocenters. The van der Waals surface area contributed by atoms with Crippen molar-refractivity contribution in [1.29, 1.82) is 0 Å². The molecule has 3 rings (SSSR count). The van der Waals surface area contributed by atoms with Crippen molar-refractivity contribution in [2.75, 3.05) is 13.2 Å². The van der Waals surface area contributed by atoms with Crippen LogP contribution in [0.5, 0.6) is 5.75 Å². The summed E-state index contributed by atoms with van der Waals surface area (Å²) in [5.74, 6) is -2.33. The molecule has 0 aliphatic heterocycles. The van der Waals surface area contributed by atoms with Crippen LogP contribution >= 0.6 is 11.6 Å². The minimum Gasteiger partial charge on any atom is -0.489 e. The van der Waals surface area contributed by atoms with Crippen LogP contribution in [0.4, 0.5) is 22.0 Å². The Balaban J connectivity index is 1.78. The molecule has 0 bridgehead atoms. The van der Waals surface area contributed by atoms with Crippen LogP contribution in [0.15, 0.2) is 36.3 Å². The molecule has 2 aromatic heterocycles. The fourth-order valence-electron chi connectivity index (χ4n) is 3.42. The number of ether oxygens (including phenoxy) is 1. The van der Waals surface area contributed by atoms with Crippen molar-refractivity contribution in [3.8, 4) is 5.75 Å². The number of rotatable bonds is 8. The Hall–Kier alpha value is -2.66. The summed E-state index contributed by atoms with van der Waals surface area (Å²) in [4.78, 5) is 16.9. The van der Waals surface area contributed by atoms with Crippen LogP contribution in [0.3, 0.4) is 0 Å². The number of pyridine rings is 1. The zero-order valence-corrected chi connectivity index (χ0v) is 19.2. The number of hydrogen-bond acceptors (Lipinski definition) is 4. The number of imidazole rings is 1. The average Bonchev–Trinajstić information content (AvgIpc) is 3.05. The van der Waals surface area contributed by atoms with E-state index in [1.807, 2.05) is 0 Å². The molecule has 12 heteroatoms. The molecule has 6 nitrogen and oxygen atoms in total. The lowest BCUT2D eigenvalue weighted by atomic mass is 9.97. The molecule has 0 saturated heterocycles. The Morgan fingerprint density at radius 3 is 2.71 bits per heavy atom. The molecule has 0 saturated carbocycles. The summed E-state index contributed by atoms with van der Waals surface area (Å²) in [6.45, 7) is 2.55. The van der Waals surface area contributed by atoms with Gasteiger partial charge in [-0.2, -0.15) is 13.2 Å². The smallest absolute Gasteiger partial charge is 0.389 e. The van der Waals surface area contributed by atoms with Gasteiger partial charge in [0.1, 0.15) is 18.6 Å². The molecule has 0 aromatic carbocycles. The number of hydrogen-bond donors (Lipinski definition) is 2. The normalized spacial score (nSPS) is 20.2. The number of fused-ring (bicyclic) bond motifs is 1. The monoisotopic (exact) mass is 506 g/mol. The van der Waals surface area contributed by atoms with Crippen molar-refractivity contribution in [1.82, 2.24) is 14.7 Å². The standard InChI is InChI=1S/C22H24ClF5N4O2/c1-12-8-16(34-10-13-14(24)4-3-5-15(13)25)19-31-18(23)17(32(19)9-12)20(33)30-11-21(2,29)6-7-22(26,27)28/h3-5,8-9,13-14H,6-7,10-11,29H2,1-2H3,(H,30,33). The molecule has 1 aliphatic carbocycles. The SMILES string of the molecule is Cc1cc(OCC2C(F)=CC=CC2F)c2nc(Cl)c(C(=O)NCC(C)(N)CCC(F)(F)F)n2c1. The molecule has 1 aliphatic rings. The molecule has 0 fully saturated rings. The number of allylic oxidation sites excluding steroid dienone is 3. The van der Waals surface area contributed by atoms with E-state index in [-0.39, 0.29) is 41.8 Å². The van der Waals surface area contributed by atoms with Gasteiger partial charge in [0.2, 0.25) is 0 Å². The van der Waals surface area contributed by atoms with Gasteiger partial charge in [-0.1, -0.05) is 17.7 Å². The van der Waals surface area contributed by atoms with Crippen LogP contribution < -0.4 is 15.8 Å². The first-order chi connectivity index (χ1) is 15.8. The quantitative estimate of drug-likeness (QED) is 0.502. The van der Waals surface area contributed by atoms with Crippen LogP contribution in [0.2, 0.25) is 5.15 Å². The predicted octanol–water partition coefficient (Wildman–Crippen LogP) is 4.84. The van der Waals surface area contributed by atoms with Gasteiger partial charge in [0.15, 0.2) is 22.2 Å². The molecular weight excluding hydrogens is 483 g/mol. The lowest BCUT2D eigenvalue weighted by Gasteiger charge is -2.25. The minimum absolute atomic E-state index is 0.0770. The maximum Gasteiger partial charge on any atom is 0.389 e. The number of aryl methyl sites for hydroxylation is 1. The van der Waals surface area contributed by atoms with Gasteiger partial charge in [0.05, 0.1) is 5.92 Å². The van der Waals surface area contributed by atoms with Crippen molar-refractivity contribution in [2.24, 2.45) is 11.7 Å². The Bertz CT molecular complexity index is 1130. The van der Waals surface area contributed by atoms with Crippen molar-refractivity contribution < 1.29 is 31.5 Å². The fourth-order valence-corrected chi connectivity index (χ4v) is 3.68. The summed E-state index contributed by atoms with van der Waals surface area (Å²) < 4.78 is 72.6. The van der Waals surface area contributed by atoms with E-state index in [0.717, 1.165) is 6.08 Å². The zero-order chi connectivity index (χ0) is 25.3. The maximum atomic E-state index is 14.1. The van der Waals surface area contributed by atoms with E-state index in [1.54, 1.807) is 19.2 Å². The molecule has 0 radical (unpaired) electrons. The number of carbonyl (C=O) groups excluding carboxylic acids is 1. The Labute approximate surface area is 197 Å². The average molecular weight is 507 g/mol. The summed E-state index contributed by atoms with van der Waals surface area (Å²) in [6, 6.07) is 1.59. The van der Waals surface area contributed by atoms with Crippen LogP contribution in [-0.4, -0.2) is 46.3 Å². The Kier molecular flexibility index (Phi) is 7.56. The summed E-state index contributed by atoms with van der Waals surface area (Å²) in [7, 11) is 0. The maximum absolute atomic E-state index is 14.1. The summed E-state index contributed by atoms with van der Waals surface area (Å²) in [6.07, 6.45) is -2.16. The highest BCUT2D eigenvalue weighted by atomic mass is 35.5. The van der Waals surface area contributed by atoms with E-state index in [1.165, 1.54) is 23.5 Å². The molecular formula is C22H24ClF5N4O2. The van der Waals surface area contributed by atoms with Gasteiger partial charge in [0.25, 0.3) is 5.91 Å². The number of aromatic nitrogens is 2. The molecule has 3 N–H and O–H groups in total. The van der Waals surface area contributed by atoms with E-state index in [2.05, 4.69) is 10.3 Å². The van der Waals surface area contributed by atoms with Gasteiger partial charge in [-0.3, -0.25) is 9.20 Å². The van der Waals surface area contributed by atoms with Gasteiger partial charge in [-0.05, 0) is 44.1 Å². The molecule has 186 valence electrons. The molecule has 0 spiro atoms. The predicted molar refractivity (Wildman–Crippen MR) is 117 cm³/mol. The van der Waals surface area contributed by atoms with E-state index >= 15 is 0 Å². The Morgan fingerprint density at radius 1 is 1.35 bits per heavy atom. The lowest BCUT2D eigenvalue weighted by Crippen LogP contribution is -2.48. The third kappa shape index (κ3) is 6.26. The third-order valence-electron chi connectivity index (χ3n) is 5.34. The van der Waals surface area contributed by atoms with Crippen molar-refractivity contribution in [3.63, 3.8) is 0 Å². The molecule has 2 heterocycles. The number of nitrogens with two attached hydrogens (primary N) is 1. The van der Waals surface area contributed by atoms with Gasteiger partial charge >= 0.3 is 6.18 Å². The Morgan fingerprint density at radius 2 is 2.06 bits per heavy atom. The number of carbonyl (C=O) groups is 1. The third-order valence-corrected chi connectivity index (χ3v) is 5.60. The highest BCUT2D eigenvalue weighted by molar-refractivity contribution is 6.32. The minimum atomic E-state index is -4.36. The van der Waals surface area contributed by atoms with Crippen LogP contribution in [0.25, 0.3) is 5.65 Å². The highest BCUT2D eigenvalue weighted by Crippen LogP contribution is 2.30. The molecule has 2 aromatic rings. The van der Waals surface area contributed by atoms with E-state index in [4.69, 9.17) is 22.1 Å². The van der Waals surface area contributed by atoms with Crippen molar-refractivity contribution >= 4 is 23.2 Å². The van der Waals surface area contributed by atoms with Gasteiger partial charge in [0, 0.05) is 24.7 Å². The van der Waals surface area contributed by atoms with E-state index in [0.29, 0.717) is 5.56 Å². The van der Waals surface area contributed by atoms with E-state index in [9.17, 15) is 26.7 Å². The first-order valence-electron chi connectivity index (χ1n) is 10.4. The summed E-state index contributed by atoms with van der Waals surface area (Å²) in [5, 5.41) is 2.31. The van der Waals surface area contributed by atoms with Crippen molar-refractivity contribution in [2.45, 2.75) is 44.6 Å². The van der Waals surface area contributed by atoms with Gasteiger partial charge < -0.3 is 15.8 Å². The number of nitrogens with one attached hydrogen (secondary N) is 1. The van der Waals surface area contributed by atoms with Crippen molar-refractivity contribution in [3.05, 3.63) is 52.7 Å². The van der Waals surface area contributed by atoms with Gasteiger partial charge in [-0.25, -0.2) is 13.8 Å². The second kappa shape index (κ2) is 9.91. The van der Waals surface area contributed by atoms with Crippen LogP contribution in [0, 0.1) is 12.8 Å². The van der Waals surface area contributed by atoms with Crippen LogP contribution in [-0.2, 0) is 0 Å². The first kappa shape index (κ1) is 26.0. The molecule has 34 heavy (non-hydrogen) atoms. The van der Waals surface area contributed by atoms with Gasteiger partial charge in [-0.15, -0.1) is 0 Å². The number of amides is 1. The summed E-state index contributed by atoms with van der Waals surface area (Å²) >= 11 is 6.19. The number of alkyl halides is 4. The second-order valence-electron chi connectivity index (χ2n) is 8.58. The zero-order valence-electron chi connectivity index (χ0n) is 18.4. The number of halogens is 6. The highest BCUT2D eigenvalue weighted by Gasteiger charge is 2.32. The molecule has 3 unspecified atom stereocenters. The summed E-state index contributed by atoms with van der Waals surface area (Å²) in [5.41, 5.74) is 5.28. The van der Waals surface area contributed by atoms with E-state index < -0.39 is 42.0 Å². The van der Waals surface area contributed by atoms with Crippen LogP contribution in [0.1, 0.15) is 35.8 Å². The lowest BCUT2D eigenvalue weighted by molar-refractivity contribution is -0.137. The first-order valence-corrected chi connectivity index (χ1v) is 10.8. The topological polar surface area (TPSA) is 81.6 Å². The molecule has 1 amide bonds. The number of nitrogens with zero attached hydrogens (tertiary/aromatic N) is 2. The fraction of sp³-hybridized carbons (Fsp3) is 0.455. The largest absolute Gasteiger partial charge is 0.489 e.